The van der Waals surface area contributed by atoms with Gasteiger partial charge in [0.25, 0.3) is 5.91 Å². The summed E-state index contributed by atoms with van der Waals surface area (Å²) in [4.78, 5) is 23.6. The second-order valence-electron chi connectivity index (χ2n) is 5.36. The number of hydrogen-bond donors (Lipinski definition) is 1. The minimum atomic E-state index is -0.273. The first kappa shape index (κ1) is 16.5. The fourth-order valence-electron chi connectivity index (χ4n) is 2.26. The van der Waals surface area contributed by atoms with E-state index in [1.54, 1.807) is 41.9 Å². The number of aryl methyl sites for hydroxylation is 2. The maximum absolute atomic E-state index is 12.0. The number of aromatic nitrogens is 1. The summed E-state index contributed by atoms with van der Waals surface area (Å²) in [6.07, 6.45) is 0. The van der Waals surface area contributed by atoms with Crippen molar-refractivity contribution in [3.63, 3.8) is 0 Å². The van der Waals surface area contributed by atoms with Crippen LogP contribution in [-0.4, -0.2) is 17.1 Å². The van der Waals surface area contributed by atoms with Crippen LogP contribution in [0.4, 0.5) is 5.69 Å². The zero-order valence-corrected chi connectivity index (χ0v) is 14.7. The first-order chi connectivity index (χ1) is 11.4. The topological polar surface area (TPSA) is 60.3 Å². The van der Waals surface area contributed by atoms with Gasteiger partial charge in [-0.05, 0) is 48.9 Å². The molecule has 3 rings (SSSR count). The normalized spacial score (nSPS) is 10.8. The molecule has 0 spiro atoms. The van der Waals surface area contributed by atoms with Crippen LogP contribution >= 0.6 is 22.9 Å². The zero-order chi connectivity index (χ0) is 17.3. The minimum absolute atomic E-state index is 0.0325. The predicted octanol–water partition coefficient (Wildman–Crippen LogP) is 3.58. The molecule has 0 saturated heterocycles. The first-order valence-corrected chi connectivity index (χ1v) is 8.42. The van der Waals surface area contributed by atoms with Crippen LogP contribution in [0.25, 0.3) is 10.2 Å². The van der Waals surface area contributed by atoms with Crippen LogP contribution in [0.1, 0.15) is 5.56 Å². The van der Waals surface area contributed by atoms with Crippen molar-refractivity contribution in [2.45, 2.75) is 6.92 Å². The molecular formula is C17H15ClN2O3S. The maximum atomic E-state index is 12.0. The minimum Gasteiger partial charge on any atom is -0.484 e. The molecule has 0 radical (unpaired) electrons. The average Bonchev–Trinajstić information content (AvgIpc) is 2.83. The van der Waals surface area contributed by atoms with Gasteiger partial charge in [-0.3, -0.25) is 9.59 Å². The lowest BCUT2D eigenvalue weighted by Gasteiger charge is -2.09. The van der Waals surface area contributed by atoms with Crippen LogP contribution in [-0.2, 0) is 11.8 Å². The number of ether oxygens (including phenoxy) is 1. The maximum Gasteiger partial charge on any atom is 0.307 e. The molecule has 2 aromatic carbocycles. The second kappa shape index (κ2) is 6.67. The zero-order valence-electron chi connectivity index (χ0n) is 13.1. The van der Waals surface area contributed by atoms with Gasteiger partial charge in [0, 0.05) is 17.8 Å². The van der Waals surface area contributed by atoms with Gasteiger partial charge < -0.3 is 14.6 Å². The van der Waals surface area contributed by atoms with Crippen LogP contribution in [0, 0.1) is 6.92 Å². The molecule has 0 aliphatic heterocycles. The summed E-state index contributed by atoms with van der Waals surface area (Å²) in [5.74, 6) is 0.314. The van der Waals surface area contributed by atoms with E-state index in [4.69, 9.17) is 16.3 Å². The average molecular weight is 363 g/mol. The Bertz CT molecular complexity index is 978. The fourth-order valence-corrected chi connectivity index (χ4v) is 3.30. The molecule has 1 aromatic heterocycles. The number of benzene rings is 2. The Morgan fingerprint density at radius 3 is 2.83 bits per heavy atom. The predicted molar refractivity (Wildman–Crippen MR) is 97.4 cm³/mol. The van der Waals surface area contributed by atoms with Gasteiger partial charge in [0.15, 0.2) is 6.61 Å². The van der Waals surface area contributed by atoms with Crippen LogP contribution in [0.5, 0.6) is 5.75 Å². The third kappa shape index (κ3) is 3.44. The van der Waals surface area contributed by atoms with E-state index in [1.165, 1.54) is 0 Å². The smallest absolute Gasteiger partial charge is 0.307 e. The number of nitrogens with zero attached hydrogens (tertiary/aromatic N) is 1. The number of thiazole rings is 1. The number of hydrogen-bond acceptors (Lipinski definition) is 4. The highest BCUT2D eigenvalue weighted by Gasteiger charge is 2.08. The van der Waals surface area contributed by atoms with Gasteiger partial charge in [0.2, 0.25) is 0 Å². The fraction of sp³-hybridized carbons (Fsp3) is 0.176. The van der Waals surface area contributed by atoms with Crippen molar-refractivity contribution < 1.29 is 9.53 Å². The lowest BCUT2D eigenvalue weighted by molar-refractivity contribution is -0.118. The van der Waals surface area contributed by atoms with E-state index < -0.39 is 0 Å². The molecule has 7 heteroatoms. The summed E-state index contributed by atoms with van der Waals surface area (Å²) in [5, 5.41) is 3.42. The molecule has 0 saturated carbocycles. The van der Waals surface area contributed by atoms with E-state index >= 15 is 0 Å². The number of anilines is 1. The molecular weight excluding hydrogens is 348 g/mol. The number of amides is 1. The molecule has 1 N–H and O–H groups in total. The highest BCUT2D eigenvalue weighted by molar-refractivity contribution is 7.16. The summed E-state index contributed by atoms with van der Waals surface area (Å²) < 4.78 is 7.87. The molecule has 1 heterocycles. The Morgan fingerprint density at radius 1 is 1.29 bits per heavy atom. The number of fused-ring (bicyclic) bond motifs is 1. The Balaban J connectivity index is 1.66. The lowest BCUT2D eigenvalue weighted by Crippen LogP contribution is -2.20. The molecule has 0 unspecified atom stereocenters. The van der Waals surface area contributed by atoms with Gasteiger partial charge in [-0.15, -0.1) is 0 Å². The summed E-state index contributed by atoms with van der Waals surface area (Å²) in [6.45, 7) is 1.76. The summed E-state index contributed by atoms with van der Waals surface area (Å²) in [5.41, 5.74) is 2.36. The van der Waals surface area contributed by atoms with Gasteiger partial charge in [-0.25, -0.2) is 0 Å². The molecule has 0 fully saturated rings. The SMILES string of the molecule is Cc1cc(OCC(=O)Nc2ccc3c(c2)sc(=O)n3C)ccc1Cl. The van der Waals surface area contributed by atoms with Crippen molar-refractivity contribution in [1.82, 2.24) is 4.57 Å². The van der Waals surface area contributed by atoms with Crippen molar-refractivity contribution in [2.24, 2.45) is 7.05 Å². The van der Waals surface area contributed by atoms with Gasteiger partial charge in [-0.2, -0.15) is 0 Å². The molecule has 124 valence electrons. The van der Waals surface area contributed by atoms with Crippen molar-refractivity contribution in [3.05, 3.63) is 56.7 Å². The van der Waals surface area contributed by atoms with E-state index in [2.05, 4.69) is 5.32 Å². The molecule has 3 aromatic rings. The van der Waals surface area contributed by atoms with Gasteiger partial charge in [0.1, 0.15) is 5.75 Å². The van der Waals surface area contributed by atoms with Crippen molar-refractivity contribution in [2.75, 3.05) is 11.9 Å². The number of halogens is 1. The van der Waals surface area contributed by atoms with Crippen LogP contribution in [0.15, 0.2) is 41.2 Å². The van der Waals surface area contributed by atoms with E-state index in [0.717, 1.165) is 27.1 Å². The largest absolute Gasteiger partial charge is 0.484 e. The monoisotopic (exact) mass is 362 g/mol. The highest BCUT2D eigenvalue weighted by atomic mass is 35.5. The van der Waals surface area contributed by atoms with Gasteiger partial charge >= 0.3 is 4.87 Å². The molecule has 0 bridgehead atoms. The molecule has 24 heavy (non-hydrogen) atoms. The molecule has 5 nitrogen and oxygen atoms in total. The van der Waals surface area contributed by atoms with E-state index in [1.807, 2.05) is 13.0 Å². The molecule has 0 aliphatic carbocycles. The third-order valence-corrected chi connectivity index (χ3v) is 4.99. The number of carbonyl (C=O) groups excluding carboxylic acids is 1. The first-order valence-electron chi connectivity index (χ1n) is 7.22. The second-order valence-corrected chi connectivity index (χ2v) is 6.76. The summed E-state index contributed by atoms with van der Waals surface area (Å²) in [7, 11) is 1.72. The van der Waals surface area contributed by atoms with Crippen molar-refractivity contribution >= 4 is 44.7 Å². The highest BCUT2D eigenvalue weighted by Crippen LogP contribution is 2.22. The molecule has 0 atom stereocenters. The van der Waals surface area contributed by atoms with Crippen LogP contribution in [0.3, 0.4) is 0 Å². The van der Waals surface area contributed by atoms with E-state index in [-0.39, 0.29) is 17.4 Å². The molecule has 1 amide bonds. The molecule has 0 aliphatic rings. The summed E-state index contributed by atoms with van der Waals surface area (Å²) in [6, 6.07) is 10.6. The standard InChI is InChI=1S/C17H15ClN2O3S/c1-10-7-12(4-5-13(10)18)23-9-16(21)19-11-3-6-14-15(8-11)24-17(22)20(14)2/h3-8H,9H2,1-2H3,(H,19,21). The Labute approximate surface area is 147 Å². The van der Waals surface area contributed by atoms with Crippen LogP contribution in [0.2, 0.25) is 5.02 Å². The summed E-state index contributed by atoms with van der Waals surface area (Å²) >= 11 is 7.10. The number of nitrogens with one attached hydrogen (secondary N) is 1. The number of carbonyl (C=O) groups is 1. The lowest BCUT2D eigenvalue weighted by atomic mass is 10.2. The quantitative estimate of drug-likeness (QED) is 0.771. The van der Waals surface area contributed by atoms with Crippen molar-refractivity contribution in [3.8, 4) is 5.75 Å². The van der Waals surface area contributed by atoms with Gasteiger partial charge in [0.05, 0.1) is 10.2 Å². The number of rotatable bonds is 4. The van der Waals surface area contributed by atoms with Gasteiger partial charge in [-0.1, -0.05) is 22.9 Å². The van der Waals surface area contributed by atoms with Crippen LogP contribution < -0.4 is 14.9 Å². The van der Waals surface area contributed by atoms with E-state index in [0.29, 0.717) is 16.5 Å². The Morgan fingerprint density at radius 2 is 2.08 bits per heavy atom. The Kier molecular flexibility index (Phi) is 4.59. The van der Waals surface area contributed by atoms with Crippen molar-refractivity contribution in [1.29, 1.82) is 0 Å². The van der Waals surface area contributed by atoms with E-state index in [9.17, 15) is 9.59 Å². The third-order valence-electron chi connectivity index (χ3n) is 3.58. The Hall–Kier alpha value is -2.31.